The minimum atomic E-state index is -0.819. The van der Waals surface area contributed by atoms with Crippen molar-refractivity contribution in [2.75, 3.05) is 26.2 Å². The van der Waals surface area contributed by atoms with Crippen LogP contribution < -0.4 is 4.74 Å². The van der Waals surface area contributed by atoms with Gasteiger partial charge in [-0.25, -0.2) is 0 Å². The highest BCUT2D eigenvalue weighted by Gasteiger charge is 2.61. The lowest BCUT2D eigenvalue weighted by molar-refractivity contribution is -0.188. The van der Waals surface area contributed by atoms with Gasteiger partial charge in [-0.1, -0.05) is 62.4 Å². The fourth-order valence-electron chi connectivity index (χ4n) is 7.57. The minimum Gasteiger partial charge on any atom is -0.457 e. The van der Waals surface area contributed by atoms with Gasteiger partial charge >= 0.3 is 11.9 Å². The molecule has 1 aliphatic carbocycles. The van der Waals surface area contributed by atoms with Crippen molar-refractivity contribution >= 4 is 28.6 Å². The van der Waals surface area contributed by atoms with Gasteiger partial charge in [-0.3, -0.25) is 19.3 Å². The van der Waals surface area contributed by atoms with E-state index in [0.29, 0.717) is 56.6 Å². The molecule has 0 spiro atoms. The van der Waals surface area contributed by atoms with Crippen LogP contribution in [-0.4, -0.2) is 65.5 Å². The molecule has 1 saturated heterocycles. The number of rotatable bonds is 9. The van der Waals surface area contributed by atoms with Gasteiger partial charge in [0, 0.05) is 50.5 Å². The SMILES string of the molecule is C=CCN1CC[C@@]2(c3cccc(OC(C)=O)c3)C[C@H](N(CC(C)C)C(=O)c3ccc4ccccc4c3)CC[C@]2(OC(C)=O)C1. The van der Waals surface area contributed by atoms with Gasteiger partial charge in [0.15, 0.2) is 0 Å². The third kappa shape index (κ3) is 6.29. The van der Waals surface area contributed by atoms with Gasteiger partial charge in [-0.2, -0.15) is 0 Å². The molecule has 232 valence electrons. The first-order valence-electron chi connectivity index (χ1n) is 15.7. The predicted octanol–water partition coefficient (Wildman–Crippen LogP) is 6.55. The normalized spacial score (nSPS) is 23.5. The predicted molar refractivity (Wildman–Crippen MR) is 173 cm³/mol. The van der Waals surface area contributed by atoms with Crippen LogP contribution in [0.25, 0.3) is 10.8 Å². The summed E-state index contributed by atoms with van der Waals surface area (Å²) in [5.74, 6) is 0.0237. The maximum Gasteiger partial charge on any atom is 0.308 e. The topological polar surface area (TPSA) is 76.2 Å². The second-order valence-electron chi connectivity index (χ2n) is 12.9. The van der Waals surface area contributed by atoms with Gasteiger partial charge in [0.2, 0.25) is 0 Å². The average Bonchev–Trinajstić information content (AvgIpc) is 2.98. The van der Waals surface area contributed by atoms with Gasteiger partial charge in [-0.05, 0) is 78.7 Å². The van der Waals surface area contributed by atoms with Crippen molar-refractivity contribution in [3.05, 3.63) is 90.5 Å². The molecule has 3 atom stereocenters. The smallest absolute Gasteiger partial charge is 0.308 e. The molecule has 1 amide bonds. The Labute approximate surface area is 260 Å². The van der Waals surface area contributed by atoms with Crippen molar-refractivity contribution in [3.63, 3.8) is 0 Å². The van der Waals surface area contributed by atoms with Crippen molar-refractivity contribution in [2.24, 2.45) is 5.92 Å². The molecular formula is C37H44N2O5. The van der Waals surface area contributed by atoms with Gasteiger partial charge in [0.1, 0.15) is 11.4 Å². The lowest BCUT2D eigenvalue weighted by Crippen LogP contribution is -2.68. The fraction of sp³-hybridized carbons (Fsp3) is 0.432. The summed E-state index contributed by atoms with van der Waals surface area (Å²) in [6.45, 7) is 13.7. The molecule has 5 rings (SSSR count). The Morgan fingerprint density at radius 2 is 1.77 bits per heavy atom. The van der Waals surface area contributed by atoms with Crippen molar-refractivity contribution in [1.82, 2.24) is 9.80 Å². The van der Waals surface area contributed by atoms with Crippen molar-refractivity contribution < 1.29 is 23.9 Å². The van der Waals surface area contributed by atoms with E-state index in [4.69, 9.17) is 9.47 Å². The Kier molecular flexibility index (Phi) is 9.26. The molecule has 0 bridgehead atoms. The first-order valence-corrected chi connectivity index (χ1v) is 15.7. The van der Waals surface area contributed by atoms with Gasteiger partial charge < -0.3 is 14.4 Å². The molecule has 2 fully saturated rings. The van der Waals surface area contributed by atoms with Crippen molar-refractivity contribution in [3.8, 4) is 5.75 Å². The number of hydrogen-bond acceptors (Lipinski definition) is 6. The average molecular weight is 597 g/mol. The number of ether oxygens (including phenoxy) is 2. The zero-order valence-corrected chi connectivity index (χ0v) is 26.4. The van der Waals surface area contributed by atoms with E-state index in [1.54, 1.807) is 6.07 Å². The molecule has 7 heteroatoms. The van der Waals surface area contributed by atoms with E-state index < -0.39 is 17.0 Å². The van der Waals surface area contributed by atoms with Crippen LogP contribution in [0.5, 0.6) is 5.75 Å². The number of likely N-dealkylation sites (tertiary alicyclic amines) is 1. The van der Waals surface area contributed by atoms with E-state index >= 15 is 0 Å². The zero-order chi connectivity index (χ0) is 31.5. The lowest BCUT2D eigenvalue weighted by Gasteiger charge is -2.60. The van der Waals surface area contributed by atoms with E-state index in [9.17, 15) is 14.4 Å². The van der Waals surface area contributed by atoms with Crippen LogP contribution in [0.3, 0.4) is 0 Å². The number of fused-ring (bicyclic) bond motifs is 2. The lowest BCUT2D eigenvalue weighted by atomic mass is 9.54. The van der Waals surface area contributed by atoms with Crippen LogP contribution in [0.1, 0.15) is 69.3 Å². The highest BCUT2D eigenvalue weighted by Crippen LogP contribution is 2.55. The molecule has 2 aliphatic rings. The van der Waals surface area contributed by atoms with Gasteiger partial charge in [0.25, 0.3) is 5.91 Å². The number of carbonyl (C=O) groups is 3. The van der Waals surface area contributed by atoms with E-state index in [2.05, 4.69) is 42.4 Å². The molecule has 0 unspecified atom stereocenters. The molecule has 1 aliphatic heterocycles. The summed E-state index contributed by atoms with van der Waals surface area (Å²) in [5, 5.41) is 2.13. The molecule has 3 aromatic rings. The maximum atomic E-state index is 14.4. The van der Waals surface area contributed by atoms with Gasteiger partial charge in [-0.15, -0.1) is 6.58 Å². The summed E-state index contributed by atoms with van der Waals surface area (Å²) in [4.78, 5) is 43.4. The van der Waals surface area contributed by atoms with Crippen LogP contribution in [-0.2, 0) is 19.7 Å². The monoisotopic (exact) mass is 596 g/mol. The van der Waals surface area contributed by atoms with E-state index in [0.717, 1.165) is 22.9 Å². The summed E-state index contributed by atoms with van der Waals surface area (Å²) in [5.41, 5.74) is 0.214. The molecule has 1 saturated carbocycles. The Bertz CT molecular complexity index is 1550. The zero-order valence-electron chi connectivity index (χ0n) is 26.4. The molecule has 44 heavy (non-hydrogen) atoms. The molecule has 3 aromatic carbocycles. The molecule has 0 N–H and O–H groups in total. The third-order valence-corrected chi connectivity index (χ3v) is 9.31. The van der Waals surface area contributed by atoms with E-state index in [-0.39, 0.29) is 23.8 Å². The first-order chi connectivity index (χ1) is 21.1. The maximum absolute atomic E-state index is 14.4. The fourth-order valence-corrected chi connectivity index (χ4v) is 7.57. The minimum absolute atomic E-state index is 0.0161. The van der Waals surface area contributed by atoms with Crippen molar-refractivity contribution in [1.29, 1.82) is 0 Å². The summed E-state index contributed by atoms with van der Waals surface area (Å²) >= 11 is 0. The van der Waals surface area contributed by atoms with Crippen LogP contribution in [0.15, 0.2) is 79.4 Å². The summed E-state index contributed by atoms with van der Waals surface area (Å²) in [6.07, 6.45) is 4.52. The highest BCUT2D eigenvalue weighted by atomic mass is 16.6. The quantitative estimate of drug-likeness (QED) is 0.159. The summed E-state index contributed by atoms with van der Waals surface area (Å²) in [6, 6.07) is 21.6. The molecular weight excluding hydrogens is 552 g/mol. The third-order valence-electron chi connectivity index (χ3n) is 9.31. The number of hydrogen-bond donors (Lipinski definition) is 0. The van der Waals surface area contributed by atoms with Crippen LogP contribution >= 0.6 is 0 Å². The summed E-state index contributed by atoms with van der Waals surface area (Å²) in [7, 11) is 0. The number of nitrogens with zero attached hydrogens (tertiary/aromatic N) is 2. The standard InChI is InChI=1S/C37H44N2O5/c1-6-19-38-20-18-36(32-12-9-13-34(22-32)43-27(4)40)23-33(16-17-37(36,25-38)44-28(5)41)39(24-26(2)3)35(42)31-15-14-29-10-7-8-11-30(29)21-31/h6-15,21-22,26,33H,1,16-20,23-25H2,2-5H3/t33-,36+,37+/m1/s1. The van der Waals surface area contributed by atoms with Crippen LogP contribution in [0, 0.1) is 5.92 Å². The first kappa shape index (κ1) is 31.5. The van der Waals surface area contributed by atoms with Crippen LogP contribution in [0.2, 0.25) is 0 Å². The van der Waals surface area contributed by atoms with Gasteiger partial charge in [0.05, 0.1) is 0 Å². The second kappa shape index (κ2) is 12.9. The number of esters is 2. The molecule has 1 heterocycles. The Morgan fingerprint density at radius 1 is 1.00 bits per heavy atom. The second-order valence-corrected chi connectivity index (χ2v) is 12.9. The molecule has 0 radical (unpaired) electrons. The van der Waals surface area contributed by atoms with Crippen molar-refractivity contribution in [2.45, 2.75) is 70.4 Å². The molecule has 7 nitrogen and oxygen atoms in total. The van der Waals surface area contributed by atoms with Crippen LogP contribution in [0.4, 0.5) is 0 Å². The molecule has 0 aromatic heterocycles. The van der Waals surface area contributed by atoms with E-state index in [1.807, 2.05) is 54.6 Å². The number of benzene rings is 3. The van der Waals surface area contributed by atoms with E-state index in [1.165, 1.54) is 13.8 Å². The summed E-state index contributed by atoms with van der Waals surface area (Å²) < 4.78 is 11.9. The Morgan fingerprint density at radius 3 is 2.48 bits per heavy atom. The Balaban J connectivity index is 1.60. The number of amides is 1. The highest BCUT2D eigenvalue weighted by molar-refractivity contribution is 5.98. The number of carbonyl (C=O) groups excluding carboxylic acids is 3. The largest absolute Gasteiger partial charge is 0.457 e. The number of piperidine rings is 1. The Hall–Kier alpha value is -3.97.